The number of ether oxygens (including phenoxy) is 2. The Morgan fingerprint density at radius 3 is 2.75 bits per heavy atom. The van der Waals surface area contributed by atoms with Gasteiger partial charge >= 0.3 is 0 Å². The summed E-state index contributed by atoms with van der Waals surface area (Å²) in [5.41, 5.74) is 2.10. The van der Waals surface area contributed by atoms with Crippen LogP contribution in [0.15, 0.2) is 23.8 Å². The highest BCUT2D eigenvalue weighted by Crippen LogP contribution is 2.65. The van der Waals surface area contributed by atoms with Gasteiger partial charge in [-0.2, -0.15) is 0 Å². The van der Waals surface area contributed by atoms with Crippen LogP contribution in [0, 0.1) is 46.8 Å². The van der Waals surface area contributed by atoms with Gasteiger partial charge in [-0.05, 0) is 91.4 Å². The van der Waals surface area contributed by atoms with Crippen molar-refractivity contribution in [3.8, 4) is 0 Å². The highest BCUT2D eigenvalue weighted by molar-refractivity contribution is 5.33. The molecule has 1 spiro atoms. The van der Waals surface area contributed by atoms with Crippen LogP contribution in [-0.4, -0.2) is 18.5 Å². The molecule has 2 heterocycles. The van der Waals surface area contributed by atoms with Crippen molar-refractivity contribution in [3.05, 3.63) is 23.8 Å². The molecule has 0 aromatic carbocycles. The predicted octanol–water partition coefficient (Wildman–Crippen LogP) is 6.13. The first kappa shape index (κ1) is 18.2. The molecule has 4 aliphatic carbocycles. The molecule has 2 heteroatoms. The van der Waals surface area contributed by atoms with Gasteiger partial charge in [-0.15, -0.1) is 0 Å². The van der Waals surface area contributed by atoms with E-state index in [0.29, 0.717) is 23.4 Å². The highest BCUT2D eigenvalue weighted by atomic mass is 16.7. The Balaban J connectivity index is 1.26. The summed E-state index contributed by atoms with van der Waals surface area (Å²) in [5, 5.41) is 0. The SMILES string of the molecule is CC1CCC2(OC1)OC1CC3C(CCC4C3CC=C3C=CCCC34C)C1C2C. The summed E-state index contributed by atoms with van der Waals surface area (Å²) in [5.74, 6) is 5.31. The normalized spacial score (nSPS) is 57.3. The summed E-state index contributed by atoms with van der Waals surface area (Å²) in [4.78, 5) is 0. The molecule has 0 bridgehead atoms. The Labute approximate surface area is 171 Å². The van der Waals surface area contributed by atoms with Gasteiger partial charge in [0.15, 0.2) is 5.79 Å². The van der Waals surface area contributed by atoms with Crippen LogP contribution in [0.1, 0.15) is 72.1 Å². The van der Waals surface area contributed by atoms with E-state index in [1.54, 1.807) is 5.57 Å². The monoisotopic (exact) mass is 382 g/mol. The first-order valence-corrected chi connectivity index (χ1v) is 12.2. The maximum absolute atomic E-state index is 6.83. The van der Waals surface area contributed by atoms with Gasteiger partial charge in [0.1, 0.15) is 0 Å². The maximum Gasteiger partial charge on any atom is 0.171 e. The molecule has 6 aliphatic rings. The first-order chi connectivity index (χ1) is 13.5. The summed E-state index contributed by atoms with van der Waals surface area (Å²) >= 11 is 0. The van der Waals surface area contributed by atoms with Crippen molar-refractivity contribution in [2.75, 3.05) is 6.61 Å². The average Bonchev–Trinajstić information content (AvgIpc) is 3.18. The Kier molecular flexibility index (Phi) is 4.03. The molecule has 0 amide bonds. The lowest BCUT2D eigenvalue weighted by molar-refractivity contribution is -0.271. The molecule has 10 unspecified atom stereocenters. The van der Waals surface area contributed by atoms with Crippen LogP contribution < -0.4 is 0 Å². The quantitative estimate of drug-likeness (QED) is 0.502. The Hall–Kier alpha value is -0.600. The van der Waals surface area contributed by atoms with Gasteiger partial charge in [0, 0.05) is 12.3 Å². The van der Waals surface area contributed by atoms with E-state index in [-0.39, 0.29) is 5.79 Å². The maximum atomic E-state index is 6.83. The Morgan fingerprint density at radius 2 is 1.93 bits per heavy atom. The molecule has 154 valence electrons. The Bertz CT molecular complexity index is 699. The number of fused-ring (bicyclic) bond motifs is 7. The van der Waals surface area contributed by atoms with E-state index in [9.17, 15) is 0 Å². The second kappa shape index (κ2) is 6.20. The lowest BCUT2D eigenvalue weighted by atomic mass is 9.51. The van der Waals surface area contributed by atoms with Crippen molar-refractivity contribution >= 4 is 0 Å². The summed E-state index contributed by atoms with van der Waals surface area (Å²) in [6.07, 6.45) is 18.4. The van der Waals surface area contributed by atoms with Crippen LogP contribution >= 0.6 is 0 Å². The zero-order valence-electron chi connectivity index (χ0n) is 18.0. The van der Waals surface area contributed by atoms with Crippen molar-refractivity contribution in [3.63, 3.8) is 0 Å². The zero-order valence-corrected chi connectivity index (χ0v) is 18.0. The molecule has 0 aromatic rings. The predicted molar refractivity (Wildman–Crippen MR) is 112 cm³/mol. The standard InChI is InChI=1S/C26H38O2/c1-16-11-13-26(27-15-16)17(2)24-20-9-10-22-19(21(20)14-23(24)28-26)8-7-18-6-4-5-12-25(18,22)3/h4,6-7,16-17,19-24H,5,8-15H2,1-3H3. The van der Waals surface area contributed by atoms with Gasteiger partial charge in [0.25, 0.3) is 0 Å². The summed E-state index contributed by atoms with van der Waals surface area (Å²) in [7, 11) is 0. The number of hydrogen-bond donors (Lipinski definition) is 0. The van der Waals surface area contributed by atoms with Crippen LogP contribution in [-0.2, 0) is 9.47 Å². The van der Waals surface area contributed by atoms with E-state index in [0.717, 1.165) is 42.6 Å². The van der Waals surface area contributed by atoms with E-state index in [1.165, 1.54) is 44.9 Å². The molecule has 2 nitrogen and oxygen atoms in total. The van der Waals surface area contributed by atoms with E-state index < -0.39 is 0 Å². The van der Waals surface area contributed by atoms with Gasteiger partial charge in [0.05, 0.1) is 12.7 Å². The van der Waals surface area contributed by atoms with Crippen LogP contribution in [0.2, 0.25) is 0 Å². The third-order valence-corrected chi connectivity index (χ3v) is 10.3. The minimum Gasteiger partial charge on any atom is -0.349 e. The molecule has 0 radical (unpaired) electrons. The summed E-state index contributed by atoms with van der Waals surface area (Å²) < 4.78 is 13.3. The van der Waals surface area contributed by atoms with E-state index in [1.807, 2.05) is 0 Å². The fraction of sp³-hybridized carbons (Fsp3) is 0.846. The van der Waals surface area contributed by atoms with Gasteiger partial charge in [0.2, 0.25) is 0 Å². The van der Waals surface area contributed by atoms with Crippen molar-refractivity contribution in [2.45, 2.75) is 84.0 Å². The summed E-state index contributed by atoms with van der Waals surface area (Å²) in [6.45, 7) is 8.25. The molecule has 2 saturated carbocycles. The number of hydrogen-bond acceptors (Lipinski definition) is 2. The number of allylic oxidation sites excluding steroid dienone is 4. The molecule has 10 atom stereocenters. The van der Waals surface area contributed by atoms with Gasteiger partial charge in [-0.25, -0.2) is 0 Å². The second-order valence-corrected chi connectivity index (χ2v) is 11.5. The Morgan fingerprint density at radius 1 is 1.04 bits per heavy atom. The summed E-state index contributed by atoms with van der Waals surface area (Å²) in [6, 6.07) is 0. The molecule has 6 rings (SSSR count). The van der Waals surface area contributed by atoms with E-state index >= 15 is 0 Å². The second-order valence-electron chi connectivity index (χ2n) is 11.5. The topological polar surface area (TPSA) is 18.5 Å². The molecular formula is C26H38O2. The van der Waals surface area contributed by atoms with Crippen molar-refractivity contribution in [2.24, 2.45) is 46.8 Å². The van der Waals surface area contributed by atoms with Crippen LogP contribution in [0.3, 0.4) is 0 Å². The van der Waals surface area contributed by atoms with Crippen LogP contribution in [0.4, 0.5) is 0 Å². The van der Waals surface area contributed by atoms with Gasteiger partial charge < -0.3 is 9.47 Å². The average molecular weight is 383 g/mol. The fourth-order valence-corrected chi connectivity index (χ4v) is 8.78. The molecule has 2 aliphatic heterocycles. The lowest BCUT2D eigenvalue weighted by Gasteiger charge is -2.54. The third kappa shape index (κ3) is 2.34. The fourth-order valence-electron chi connectivity index (χ4n) is 8.78. The molecule has 2 saturated heterocycles. The third-order valence-electron chi connectivity index (χ3n) is 10.3. The van der Waals surface area contributed by atoms with E-state index in [2.05, 4.69) is 39.0 Å². The zero-order chi connectivity index (χ0) is 19.1. The molecule has 0 aromatic heterocycles. The molecule has 28 heavy (non-hydrogen) atoms. The molecule has 0 N–H and O–H groups in total. The van der Waals surface area contributed by atoms with Gasteiger partial charge in [-0.3, -0.25) is 0 Å². The number of rotatable bonds is 0. The molecular weight excluding hydrogens is 344 g/mol. The first-order valence-electron chi connectivity index (χ1n) is 12.2. The van der Waals surface area contributed by atoms with Crippen molar-refractivity contribution in [1.29, 1.82) is 0 Å². The lowest BCUT2D eigenvalue weighted by Crippen LogP contribution is -2.48. The van der Waals surface area contributed by atoms with Crippen LogP contribution in [0.5, 0.6) is 0 Å². The smallest absolute Gasteiger partial charge is 0.171 e. The minimum atomic E-state index is -0.247. The van der Waals surface area contributed by atoms with Crippen LogP contribution in [0.25, 0.3) is 0 Å². The van der Waals surface area contributed by atoms with Gasteiger partial charge in [-0.1, -0.05) is 39.0 Å². The van der Waals surface area contributed by atoms with E-state index in [4.69, 9.17) is 9.47 Å². The van der Waals surface area contributed by atoms with Crippen molar-refractivity contribution < 1.29 is 9.47 Å². The molecule has 4 fully saturated rings. The highest BCUT2D eigenvalue weighted by Gasteiger charge is 2.64. The van der Waals surface area contributed by atoms with Crippen molar-refractivity contribution in [1.82, 2.24) is 0 Å². The minimum absolute atomic E-state index is 0.247. The largest absolute Gasteiger partial charge is 0.349 e.